The first-order valence-corrected chi connectivity index (χ1v) is 7.92. The standard InChI is InChI=1S/C16H20N2OS/c1-17-11-16(19)18-9-10-20-12-14-7-4-6-13-5-2-3-8-15(13)14/h2-8,17H,9-12H2,1H3,(H,18,19). The maximum atomic E-state index is 11.3. The summed E-state index contributed by atoms with van der Waals surface area (Å²) in [7, 11) is 1.77. The smallest absolute Gasteiger partial charge is 0.233 e. The highest BCUT2D eigenvalue weighted by molar-refractivity contribution is 7.98. The lowest BCUT2D eigenvalue weighted by atomic mass is 10.1. The van der Waals surface area contributed by atoms with Gasteiger partial charge in [-0.25, -0.2) is 0 Å². The molecule has 3 nitrogen and oxygen atoms in total. The lowest BCUT2D eigenvalue weighted by Crippen LogP contribution is -2.33. The molecule has 2 aromatic carbocycles. The number of likely N-dealkylation sites (N-methyl/N-ethyl adjacent to an activating group) is 1. The van der Waals surface area contributed by atoms with Crippen molar-refractivity contribution in [3.05, 3.63) is 48.0 Å². The van der Waals surface area contributed by atoms with E-state index < -0.39 is 0 Å². The molecule has 0 aliphatic carbocycles. The molecule has 0 atom stereocenters. The molecule has 0 radical (unpaired) electrons. The minimum atomic E-state index is 0.0539. The van der Waals surface area contributed by atoms with Crippen molar-refractivity contribution < 1.29 is 4.79 Å². The van der Waals surface area contributed by atoms with Crippen LogP contribution in [0.2, 0.25) is 0 Å². The van der Waals surface area contributed by atoms with Crippen LogP contribution in [-0.4, -0.2) is 31.8 Å². The Kier molecular flexibility index (Phi) is 5.89. The summed E-state index contributed by atoms with van der Waals surface area (Å²) in [5.41, 5.74) is 1.36. The van der Waals surface area contributed by atoms with Crippen molar-refractivity contribution in [1.82, 2.24) is 10.6 Å². The Bertz CT molecular complexity index is 566. The van der Waals surface area contributed by atoms with E-state index in [9.17, 15) is 4.79 Å². The van der Waals surface area contributed by atoms with Gasteiger partial charge in [0.05, 0.1) is 6.54 Å². The van der Waals surface area contributed by atoms with Crippen molar-refractivity contribution in [3.63, 3.8) is 0 Å². The van der Waals surface area contributed by atoms with Gasteiger partial charge in [-0.05, 0) is 23.4 Å². The Morgan fingerprint density at radius 2 is 1.95 bits per heavy atom. The molecule has 0 bridgehead atoms. The third-order valence-corrected chi connectivity index (χ3v) is 4.05. The van der Waals surface area contributed by atoms with Gasteiger partial charge < -0.3 is 10.6 Å². The van der Waals surface area contributed by atoms with E-state index in [0.29, 0.717) is 6.54 Å². The zero-order valence-corrected chi connectivity index (χ0v) is 12.5. The Morgan fingerprint density at radius 3 is 2.80 bits per heavy atom. The molecule has 0 aliphatic heterocycles. The zero-order chi connectivity index (χ0) is 14.2. The number of benzene rings is 2. The molecule has 0 saturated heterocycles. The predicted molar refractivity (Wildman–Crippen MR) is 87.0 cm³/mol. The third-order valence-electron chi connectivity index (χ3n) is 3.04. The molecule has 2 rings (SSSR count). The summed E-state index contributed by atoms with van der Waals surface area (Å²) in [4.78, 5) is 11.3. The van der Waals surface area contributed by atoms with Gasteiger partial charge in [-0.1, -0.05) is 42.5 Å². The molecule has 0 saturated carbocycles. The van der Waals surface area contributed by atoms with Crippen LogP contribution >= 0.6 is 11.8 Å². The predicted octanol–water partition coefficient (Wildman–Crippen LogP) is 2.41. The molecule has 4 heteroatoms. The van der Waals surface area contributed by atoms with Crippen LogP contribution in [0, 0.1) is 0 Å². The normalized spacial score (nSPS) is 10.7. The Balaban J connectivity index is 1.80. The number of carbonyl (C=O) groups excluding carboxylic acids is 1. The van der Waals surface area contributed by atoms with E-state index in [0.717, 1.165) is 18.1 Å². The first kappa shape index (κ1) is 14.9. The molecule has 0 heterocycles. The first-order chi connectivity index (χ1) is 9.81. The van der Waals surface area contributed by atoms with Crippen LogP contribution in [0.5, 0.6) is 0 Å². The van der Waals surface area contributed by atoms with E-state index in [2.05, 4.69) is 53.1 Å². The van der Waals surface area contributed by atoms with Crippen molar-refractivity contribution in [2.24, 2.45) is 0 Å². The minimum Gasteiger partial charge on any atom is -0.354 e. The third kappa shape index (κ3) is 4.25. The van der Waals surface area contributed by atoms with E-state index >= 15 is 0 Å². The number of amides is 1. The van der Waals surface area contributed by atoms with Crippen molar-refractivity contribution in [2.45, 2.75) is 5.75 Å². The van der Waals surface area contributed by atoms with Crippen molar-refractivity contribution in [1.29, 1.82) is 0 Å². The number of fused-ring (bicyclic) bond motifs is 1. The summed E-state index contributed by atoms with van der Waals surface area (Å²) in [6.45, 7) is 1.10. The van der Waals surface area contributed by atoms with Crippen LogP contribution in [0.25, 0.3) is 10.8 Å². The number of hydrogen-bond donors (Lipinski definition) is 2. The fourth-order valence-corrected chi connectivity index (χ4v) is 2.95. The number of rotatable bonds is 7. The second kappa shape index (κ2) is 7.92. The van der Waals surface area contributed by atoms with Crippen LogP contribution in [-0.2, 0) is 10.5 Å². The average molecular weight is 288 g/mol. The fourth-order valence-electron chi connectivity index (χ4n) is 2.09. The van der Waals surface area contributed by atoms with Gasteiger partial charge in [0.15, 0.2) is 0 Å². The number of nitrogens with one attached hydrogen (secondary N) is 2. The summed E-state index contributed by atoms with van der Waals surface area (Å²) in [5.74, 6) is 1.96. The van der Waals surface area contributed by atoms with Crippen molar-refractivity contribution in [2.75, 3.05) is 25.9 Å². The van der Waals surface area contributed by atoms with E-state index in [1.165, 1.54) is 16.3 Å². The molecule has 0 spiro atoms. The summed E-state index contributed by atoms with van der Waals surface area (Å²) in [6.07, 6.45) is 0. The highest BCUT2D eigenvalue weighted by Crippen LogP contribution is 2.22. The van der Waals surface area contributed by atoms with Crippen molar-refractivity contribution >= 4 is 28.4 Å². The molecule has 1 amide bonds. The molecule has 0 aliphatic rings. The molecular formula is C16H20N2OS. The Labute approximate surface area is 124 Å². The van der Waals surface area contributed by atoms with Crippen LogP contribution in [0.1, 0.15) is 5.56 Å². The second-order valence-corrected chi connectivity index (χ2v) is 5.68. The van der Waals surface area contributed by atoms with Gasteiger partial charge in [0.1, 0.15) is 0 Å². The summed E-state index contributed by atoms with van der Waals surface area (Å²) >= 11 is 1.85. The highest BCUT2D eigenvalue weighted by atomic mass is 32.2. The molecule has 2 N–H and O–H groups in total. The second-order valence-electron chi connectivity index (χ2n) is 4.57. The van der Waals surface area contributed by atoms with Gasteiger partial charge in [-0.2, -0.15) is 11.8 Å². The minimum absolute atomic E-state index is 0.0539. The lowest BCUT2D eigenvalue weighted by molar-refractivity contribution is -0.120. The van der Waals surface area contributed by atoms with Gasteiger partial charge in [0, 0.05) is 18.1 Å². The molecule has 0 fully saturated rings. The number of carbonyl (C=O) groups is 1. The highest BCUT2D eigenvalue weighted by Gasteiger charge is 2.01. The molecular weight excluding hydrogens is 268 g/mol. The van der Waals surface area contributed by atoms with E-state index in [1.807, 2.05) is 11.8 Å². The van der Waals surface area contributed by atoms with Crippen LogP contribution in [0.15, 0.2) is 42.5 Å². The Hall–Kier alpha value is -1.52. The topological polar surface area (TPSA) is 41.1 Å². The fraction of sp³-hybridized carbons (Fsp3) is 0.312. The monoisotopic (exact) mass is 288 g/mol. The van der Waals surface area contributed by atoms with Gasteiger partial charge in [-0.3, -0.25) is 4.79 Å². The van der Waals surface area contributed by atoms with Gasteiger partial charge in [0.25, 0.3) is 0 Å². The average Bonchev–Trinajstić information content (AvgIpc) is 2.47. The summed E-state index contributed by atoms with van der Waals surface area (Å²) in [5, 5.41) is 8.33. The Morgan fingerprint density at radius 1 is 1.15 bits per heavy atom. The molecule has 106 valence electrons. The maximum Gasteiger partial charge on any atom is 0.233 e. The van der Waals surface area contributed by atoms with Crippen LogP contribution in [0.4, 0.5) is 0 Å². The summed E-state index contributed by atoms with van der Waals surface area (Å²) < 4.78 is 0. The van der Waals surface area contributed by atoms with Crippen molar-refractivity contribution in [3.8, 4) is 0 Å². The van der Waals surface area contributed by atoms with Gasteiger partial charge in [0.2, 0.25) is 5.91 Å². The lowest BCUT2D eigenvalue weighted by Gasteiger charge is -2.07. The molecule has 2 aromatic rings. The zero-order valence-electron chi connectivity index (χ0n) is 11.7. The quantitative estimate of drug-likeness (QED) is 0.769. The SMILES string of the molecule is CNCC(=O)NCCSCc1cccc2ccccc12. The number of hydrogen-bond acceptors (Lipinski definition) is 3. The van der Waals surface area contributed by atoms with Crippen LogP contribution < -0.4 is 10.6 Å². The molecule has 0 unspecified atom stereocenters. The number of thioether (sulfide) groups is 1. The van der Waals surface area contributed by atoms with Gasteiger partial charge >= 0.3 is 0 Å². The molecule has 20 heavy (non-hydrogen) atoms. The van der Waals surface area contributed by atoms with E-state index in [1.54, 1.807) is 7.05 Å². The summed E-state index contributed by atoms with van der Waals surface area (Å²) in [6, 6.07) is 14.9. The van der Waals surface area contributed by atoms with Crippen LogP contribution in [0.3, 0.4) is 0 Å². The molecule has 0 aromatic heterocycles. The maximum absolute atomic E-state index is 11.3. The van der Waals surface area contributed by atoms with Gasteiger partial charge in [-0.15, -0.1) is 0 Å². The van der Waals surface area contributed by atoms with E-state index in [-0.39, 0.29) is 5.91 Å². The first-order valence-electron chi connectivity index (χ1n) is 6.77. The van der Waals surface area contributed by atoms with E-state index in [4.69, 9.17) is 0 Å². The largest absolute Gasteiger partial charge is 0.354 e.